The van der Waals surface area contributed by atoms with Gasteiger partial charge in [-0.3, -0.25) is 0 Å². The Labute approximate surface area is 85.2 Å². The Kier molecular flexibility index (Phi) is 3.58. The number of rotatable bonds is 3. The second-order valence-electron chi connectivity index (χ2n) is 5.42. The first-order valence-corrected chi connectivity index (χ1v) is 7.90. The molecule has 1 unspecified atom stereocenters. The Morgan fingerprint density at radius 1 is 1.31 bits per heavy atom. The van der Waals surface area contributed by atoms with Gasteiger partial charge in [0.1, 0.15) is 8.96 Å². The van der Waals surface area contributed by atoms with Crippen molar-refractivity contribution < 1.29 is 0 Å². The van der Waals surface area contributed by atoms with E-state index in [2.05, 4.69) is 39.2 Å². The van der Waals surface area contributed by atoms with Crippen LogP contribution in [0.4, 0.5) is 0 Å². The van der Waals surface area contributed by atoms with Crippen molar-refractivity contribution in [1.82, 2.24) is 4.57 Å². The molecule has 1 atom stereocenters. The molecule has 0 aliphatic carbocycles. The third-order valence-electron chi connectivity index (χ3n) is 3.31. The van der Waals surface area contributed by atoms with Crippen molar-refractivity contribution in [1.29, 1.82) is 0 Å². The van der Waals surface area contributed by atoms with E-state index < -0.39 is 8.96 Å². The molecule has 13 heavy (non-hydrogen) atoms. The van der Waals surface area contributed by atoms with Gasteiger partial charge in [0.15, 0.2) is 0 Å². The Morgan fingerprint density at radius 2 is 1.85 bits per heavy atom. The lowest BCUT2D eigenvalue weighted by molar-refractivity contribution is 0.184. The fraction of sp³-hybridized carbons (Fsp3) is 1.00. The van der Waals surface area contributed by atoms with Crippen molar-refractivity contribution >= 4 is 8.96 Å². The highest BCUT2D eigenvalue weighted by Crippen LogP contribution is 2.31. The monoisotopic (exact) mass is 199 g/mol. The van der Waals surface area contributed by atoms with E-state index >= 15 is 0 Å². The van der Waals surface area contributed by atoms with Gasteiger partial charge in [-0.2, -0.15) is 0 Å². The number of hydrogen-bond acceptors (Lipinski definition) is 1. The Morgan fingerprint density at radius 3 is 2.08 bits per heavy atom. The van der Waals surface area contributed by atoms with Crippen LogP contribution in [0.2, 0.25) is 12.1 Å². The van der Waals surface area contributed by atoms with Crippen LogP contribution < -0.4 is 0 Å². The van der Waals surface area contributed by atoms with Gasteiger partial charge in [0.2, 0.25) is 0 Å². The molecule has 0 aromatic rings. The average Bonchev–Trinajstić information content (AvgIpc) is 1.92. The molecule has 0 saturated carbocycles. The van der Waals surface area contributed by atoms with Crippen LogP contribution in [0.3, 0.4) is 0 Å². The minimum absolute atomic E-state index is 0.409. The third kappa shape index (κ3) is 2.56. The predicted octanol–water partition coefficient (Wildman–Crippen LogP) is 3.01. The first-order chi connectivity index (χ1) is 5.96. The van der Waals surface area contributed by atoms with E-state index in [1.54, 1.807) is 12.1 Å². The van der Waals surface area contributed by atoms with E-state index in [0.29, 0.717) is 5.54 Å². The van der Waals surface area contributed by atoms with Crippen molar-refractivity contribution in [2.75, 3.05) is 0 Å². The lowest BCUT2D eigenvalue weighted by atomic mass is 10.1. The van der Waals surface area contributed by atoms with Crippen LogP contribution in [0.25, 0.3) is 0 Å². The van der Waals surface area contributed by atoms with Crippen LogP contribution in [-0.4, -0.2) is 25.1 Å². The van der Waals surface area contributed by atoms with Gasteiger partial charge >= 0.3 is 0 Å². The lowest BCUT2D eigenvalue weighted by Crippen LogP contribution is -2.57. The molecular formula is C11H25NSi. The minimum atomic E-state index is -0.483. The molecular weight excluding hydrogens is 174 g/mol. The van der Waals surface area contributed by atoms with E-state index in [4.69, 9.17) is 0 Å². The highest BCUT2D eigenvalue weighted by molar-refractivity contribution is 6.59. The molecule has 1 rings (SSSR count). The van der Waals surface area contributed by atoms with Gasteiger partial charge in [-0.15, -0.1) is 0 Å². The largest absolute Gasteiger partial charge is 0.319 e. The standard InChI is InChI=1S/C11H25NSi/c1-6-10(2)12(11(3,4)5)13-8-7-9-13/h10,13H,6-9H2,1-5H3. The van der Waals surface area contributed by atoms with Crippen LogP contribution in [-0.2, 0) is 0 Å². The topological polar surface area (TPSA) is 3.24 Å². The third-order valence-corrected chi connectivity index (χ3v) is 7.53. The summed E-state index contributed by atoms with van der Waals surface area (Å²) in [6.45, 7) is 11.9. The fourth-order valence-electron chi connectivity index (χ4n) is 2.43. The number of nitrogens with zero attached hydrogens (tertiary/aromatic N) is 1. The molecule has 0 radical (unpaired) electrons. The van der Waals surface area contributed by atoms with Crippen molar-refractivity contribution in [3.8, 4) is 0 Å². The minimum Gasteiger partial charge on any atom is -0.319 e. The fourth-order valence-corrected chi connectivity index (χ4v) is 5.79. The molecule has 2 heteroatoms. The summed E-state index contributed by atoms with van der Waals surface area (Å²) in [5.41, 5.74) is 0.409. The molecule has 1 heterocycles. The average molecular weight is 199 g/mol. The van der Waals surface area contributed by atoms with Gasteiger partial charge in [0.05, 0.1) is 0 Å². The highest BCUT2D eigenvalue weighted by Gasteiger charge is 2.35. The molecule has 0 aromatic heterocycles. The van der Waals surface area contributed by atoms with Crippen LogP contribution >= 0.6 is 0 Å². The van der Waals surface area contributed by atoms with Gasteiger partial charge in [-0.05, 0) is 39.3 Å². The predicted molar refractivity (Wildman–Crippen MR) is 62.7 cm³/mol. The molecule has 0 N–H and O–H groups in total. The van der Waals surface area contributed by atoms with Gasteiger partial charge in [0, 0.05) is 11.6 Å². The van der Waals surface area contributed by atoms with Crippen molar-refractivity contribution in [3.63, 3.8) is 0 Å². The summed E-state index contributed by atoms with van der Waals surface area (Å²) in [4.78, 5) is 0. The molecule has 0 spiro atoms. The highest BCUT2D eigenvalue weighted by atomic mass is 28.3. The molecule has 0 bridgehead atoms. The van der Waals surface area contributed by atoms with Gasteiger partial charge in [0.25, 0.3) is 0 Å². The zero-order valence-electron chi connectivity index (χ0n) is 9.93. The van der Waals surface area contributed by atoms with Crippen LogP contribution in [0, 0.1) is 0 Å². The summed E-state index contributed by atoms with van der Waals surface area (Å²) in [7, 11) is -0.483. The summed E-state index contributed by atoms with van der Waals surface area (Å²) < 4.78 is 2.86. The summed E-state index contributed by atoms with van der Waals surface area (Å²) in [6, 6.07) is 3.92. The summed E-state index contributed by atoms with van der Waals surface area (Å²) in [6.07, 6.45) is 2.81. The lowest BCUT2D eigenvalue weighted by Gasteiger charge is -2.48. The zero-order valence-corrected chi connectivity index (χ0v) is 11.1. The van der Waals surface area contributed by atoms with Gasteiger partial charge in [-0.1, -0.05) is 20.3 Å². The van der Waals surface area contributed by atoms with Crippen LogP contribution in [0.1, 0.15) is 47.5 Å². The van der Waals surface area contributed by atoms with E-state index in [0.717, 1.165) is 6.04 Å². The molecule has 1 nitrogen and oxygen atoms in total. The Hall–Kier alpha value is 0.177. The Balaban J connectivity index is 2.63. The van der Waals surface area contributed by atoms with E-state index in [1.165, 1.54) is 12.8 Å². The molecule has 0 aromatic carbocycles. The molecule has 1 fully saturated rings. The second kappa shape index (κ2) is 4.14. The maximum Gasteiger partial charge on any atom is 0.112 e. The number of hydrogen-bond donors (Lipinski definition) is 0. The molecule has 1 saturated heterocycles. The summed E-state index contributed by atoms with van der Waals surface area (Å²) in [5, 5.41) is 0. The van der Waals surface area contributed by atoms with Crippen molar-refractivity contribution in [2.24, 2.45) is 0 Å². The first-order valence-electron chi connectivity index (χ1n) is 5.75. The molecule has 78 valence electrons. The Bertz CT molecular complexity index is 153. The maximum absolute atomic E-state index is 2.86. The zero-order chi connectivity index (χ0) is 10.1. The molecule has 0 amide bonds. The van der Waals surface area contributed by atoms with Gasteiger partial charge < -0.3 is 4.57 Å². The van der Waals surface area contributed by atoms with Crippen molar-refractivity contribution in [3.05, 3.63) is 0 Å². The van der Waals surface area contributed by atoms with Gasteiger partial charge in [-0.25, -0.2) is 0 Å². The quantitative estimate of drug-likeness (QED) is 0.632. The molecule has 1 aliphatic heterocycles. The van der Waals surface area contributed by atoms with E-state index in [1.807, 2.05) is 0 Å². The van der Waals surface area contributed by atoms with E-state index in [-0.39, 0.29) is 0 Å². The van der Waals surface area contributed by atoms with Crippen molar-refractivity contribution in [2.45, 2.75) is 71.1 Å². The van der Waals surface area contributed by atoms with Crippen LogP contribution in [0.15, 0.2) is 0 Å². The SMILES string of the molecule is CCC(C)N([SiH]1CCC1)C(C)(C)C. The van der Waals surface area contributed by atoms with E-state index in [9.17, 15) is 0 Å². The maximum atomic E-state index is 2.86. The second-order valence-corrected chi connectivity index (χ2v) is 8.44. The summed E-state index contributed by atoms with van der Waals surface area (Å²) in [5.74, 6) is 0. The van der Waals surface area contributed by atoms with Crippen LogP contribution in [0.5, 0.6) is 0 Å². The first kappa shape index (κ1) is 11.3. The normalized spacial score (nSPS) is 21.7. The summed E-state index contributed by atoms with van der Waals surface area (Å²) >= 11 is 0. The smallest absolute Gasteiger partial charge is 0.112 e. The molecule has 1 aliphatic rings.